The number of carboxylic acids is 1. The van der Waals surface area contributed by atoms with Gasteiger partial charge in [-0.15, -0.1) is 0 Å². The zero-order valence-electron chi connectivity index (χ0n) is 11.2. The summed E-state index contributed by atoms with van der Waals surface area (Å²) >= 11 is 0. The van der Waals surface area contributed by atoms with Crippen LogP contribution in [0.25, 0.3) is 0 Å². The van der Waals surface area contributed by atoms with E-state index < -0.39 is 17.9 Å². The molecule has 0 aromatic carbocycles. The molecular weight excluding hydrogens is 252 g/mol. The highest BCUT2D eigenvalue weighted by Gasteiger charge is 2.35. The van der Waals surface area contributed by atoms with Gasteiger partial charge in [0.05, 0.1) is 19.3 Å². The Balaban J connectivity index is 2.31. The third kappa shape index (κ3) is 5.04. The van der Waals surface area contributed by atoms with Gasteiger partial charge < -0.3 is 25.2 Å². The van der Waals surface area contributed by atoms with Crippen LogP contribution in [0.15, 0.2) is 0 Å². The van der Waals surface area contributed by atoms with Crippen molar-refractivity contribution in [2.45, 2.75) is 25.3 Å². The second kappa shape index (κ2) is 7.96. The summed E-state index contributed by atoms with van der Waals surface area (Å²) in [7, 11) is 1.67. The van der Waals surface area contributed by atoms with Crippen molar-refractivity contribution < 1.29 is 24.5 Å². The fourth-order valence-electron chi connectivity index (χ4n) is 1.95. The summed E-state index contributed by atoms with van der Waals surface area (Å²) in [5.41, 5.74) is 0. The van der Waals surface area contributed by atoms with E-state index in [1.807, 2.05) is 0 Å². The molecule has 1 fully saturated rings. The van der Waals surface area contributed by atoms with E-state index in [2.05, 4.69) is 5.32 Å². The number of carbonyl (C=O) groups excluding carboxylic acids is 1. The van der Waals surface area contributed by atoms with Crippen LogP contribution in [0.3, 0.4) is 0 Å². The van der Waals surface area contributed by atoms with Gasteiger partial charge in [0.25, 0.3) is 0 Å². The monoisotopic (exact) mass is 274 g/mol. The first-order chi connectivity index (χ1) is 9.06. The first kappa shape index (κ1) is 15.7. The Morgan fingerprint density at radius 2 is 2.05 bits per heavy atom. The molecule has 1 rings (SSSR count). The molecule has 0 bridgehead atoms. The van der Waals surface area contributed by atoms with Crippen molar-refractivity contribution in [1.29, 1.82) is 0 Å². The minimum atomic E-state index is -0.951. The van der Waals surface area contributed by atoms with Gasteiger partial charge >= 0.3 is 12.0 Å². The lowest BCUT2D eigenvalue weighted by Gasteiger charge is -2.22. The average Bonchev–Trinajstić information content (AvgIpc) is 2.82. The molecule has 2 amide bonds. The largest absolute Gasteiger partial charge is 0.481 e. The normalized spacial score (nSPS) is 22.2. The number of nitrogens with one attached hydrogen (secondary N) is 1. The standard InChI is InChI=1S/C12H22N2O5/c1-14(5-3-2-4-6-15)12(18)13-10-8-19-7-9(10)11(16)17/h9-10,15H,2-8H2,1H3,(H,13,18)(H,16,17). The number of hydrogen-bond donors (Lipinski definition) is 3. The number of unbranched alkanes of at least 4 members (excludes halogenated alkanes) is 2. The van der Waals surface area contributed by atoms with Gasteiger partial charge in [0.2, 0.25) is 0 Å². The summed E-state index contributed by atoms with van der Waals surface area (Å²) in [6.07, 6.45) is 2.40. The molecule has 1 heterocycles. The molecule has 19 heavy (non-hydrogen) atoms. The quantitative estimate of drug-likeness (QED) is 0.563. The topological polar surface area (TPSA) is 99.1 Å². The number of rotatable bonds is 7. The number of ether oxygens (including phenoxy) is 1. The van der Waals surface area contributed by atoms with E-state index in [1.54, 1.807) is 7.05 Å². The SMILES string of the molecule is CN(CCCCCO)C(=O)NC1COCC1C(=O)O. The van der Waals surface area contributed by atoms with Gasteiger partial charge in [-0.2, -0.15) is 0 Å². The molecule has 0 aromatic heterocycles. The van der Waals surface area contributed by atoms with Crippen molar-refractivity contribution in [3.8, 4) is 0 Å². The molecule has 2 unspecified atom stereocenters. The third-order valence-electron chi connectivity index (χ3n) is 3.20. The van der Waals surface area contributed by atoms with Gasteiger partial charge in [-0.3, -0.25) is 4.79 Å². The number of urea groups is 1. The molecule has 1 aliphatic rings. The molecule has 0 saturated carbocycles. The van der Waals surface area contributed by atoms with E-state index in [0.717, 1.165) is 19.3 Å². The highest BCUT2D eigenvalue weighted by Crippen LogP contribution is 2.14. The minimum Gasteiger partial charge on any atom is -0.481 e. The fourth-order valence-corrected chi connectivity index (χ4v) is 1.95. The van der Waals surface area contributed by atoms with Crippen LogP contribution in [0, 0.1) is 5.92 Å². The van der Waals surface area contributed by atoms with Crippen molar-refractivity contribution in [2.75, 3.05) is 33.4 Å². The van der Waals surface area contributed by atoms with Crippen LogP contribution in [0.5, 0.6) is 0 Å². The lowest BCUT2D eigenvalue weighted by Crippen LogP contribution is -2.48. The van der Waals surface area contributed by atoms with Crippen LogP contribution in [0.1, 0.15) is 19.3 Å². The highest BCUT2D eigenvalue weighted by atomic mass is 16.5. The number of aliphatic carboxylic acids is 1. The van der Waals surface area contributed by atoms with Crippen molar-refractivity contribution in [3.05, 3.63) is 0 Å². The predicted molar refractivity (Wildman–Crippen MR) is 67.8 cm³/mol. The second-order valence-corrected chi connectivity index (χ2v) is 4.74. The van der Waals surface area contributed by atoms with Crippen LogP contribution < -0.4 is 5.32 Å². The van der Waals surface area contributed by atoms with E-state index in [1.165, 1.54) is 4.90 Å². The van der Waals surface area contributed by atoms with Crippen molar-refractivity contribution in [1.82, 2.24) is 10.2 Å². The molecule has 1 saturated heterocycles. The molecule has 0 aromatic rings. The molecule has 0 radical (unpaired) electrons. The van der Waals surface area contributed by atoms with Crippen molar-refractivity contribution in [3.63, 3.8) is 0 Å². The Hall–Kier alpha value is -1.34. The minimum absolute atomic E-state index is 0.139. The van der Waals surface area contributed by atoms with Crippen LogP contribution in [-0.4, -0.2) is 66.6 Å². The maximum atomic E-state index is 11.8. The van der Waals surface area contributed by atoms with Crippen LogP contribution in [-0.2, 0) is 9.53 Å². The molecule has 1 aliphatic heterocycles. The summed E-state index contributed by atoms with van der Waals surface area (Å²) in [6, 6.07) is -0.754. The Morgan fingerprint density at radius 1 is 1.32 bits per heavy atom. The predicted octanol–water partition coefficient (Wildman–Crippen LogP) is -0.110. The van der Waals surface area contributed by atoms with Crippen LogP contribution in [0.2, 0.25) is 0 Å². The molecule has 2 atom stereocenters. The molecular formula is C12H22N2O5. The Bertz CT molecular complexity index is 310. The maximum absolute atomic E-state index is 11.8. The number of carboxylic acid groups (broad SMARTS) is 1. The number of amides is 2. The Labute approximate surface area is 112 Å². The number of aliphatic hydroxyl groups is 1. The lowest BCUT2D eigenvalue weighted by molar-refractivity contribution is -0.142. The summed E-state index contributed by atoms with van der Waals surface area (Å²) in [6.45, 7) is 1.12. The maximum Gasteiger partial charge on any atom is 0.317 e. The first-order valence-corrected chi connectivity index (χ1v) is 6.49. The summed E-state index contributed by atoms with van der Waals surface area (Å²) < 4.78 is 5.08. The summed E-state index contributed by atoms with van der Waals surface area (Å²) in [4.78, 5) is 24.3. The molecule has 110 valence electrons. The molecule has 7 heteroatoms. The first-order valence-electron chi connectivity index (χ1n) is 6.49. The molecule has 0 aliphatic carbocycles. The van der Waals surface area contributed by atoms with E-state index >= 15 is 0 Å². The number of nitrogens with zero attached hydrogens (tertiary/aromatic N) is 1. The van der Waals surface area contributed by atoms with Crippen molar-refractivity contribution in [2.24, 2.45) is 5.92 Å². The van der Waals surface area contributed by atoms with E-state index in [4.69, 9.17) is 14.9 Å². The molecule has 7 nitrogen and oxygen atoms in total. The van der Waals surface area contributed by atoms with E-state index in [0.29, 0.717) is 6.54 Å². The third-order valence-corrected chi connectivity index (χ3v) is 3.20. The second-order valence-electron chi connectivity index (χ2n) is 4.74. The van der Waals surface area contributed by atoms with Gasteiger partial charge in [0.15, 0.2) is 0 Å². The Morgan fingerprint density at radius 3 is 2.68 bits per heavy atom. The molecule has 3 N–H and O–H groups in total. The average molecular weight is 274 g/mol. The smallest absolute Gasteiger partial charge is 0.317 e. The lowest BCUT2D eigenvalue weighted by atomic mass is 10.0. The van der Waals surface area contributed by atoms with E-state index in [-0.39, 0.29) is 25.9 Å². The van der Waals surface area contributed by atoms with Gasteiger partial charge in [-0.1, -0.05) is 0 Å². The summed E-state index contributed by atoms with van der Waals surface area (Å²) in [5.74, 6) is -1.62. The number of carbonyl (C=O) groups is 2. The van der Waals surface area contributed by atoms with Crippen molar-refractivity contribution >= 4 is 12.0 Å². The van der Waals surface area contributed by atoms with E-state index in [9.17, 15) is 9.59 Å². The Kier molecular flexibility index (Phi) is 6.58. The van der Waals surface area contributed by atoms with Gasteiger partial charge in [0, 0.05) is 20.2 Å². The zero-order valence-corrected chi connectivity index (χ0v) is 11.2. The van der Waals surface area contributed by atoms with Crippen LogP contribution >= 0.6 is 0 Å². The number of aliphatic hydroxyl groups excluding tert-OH is 1. The van der Waals surface area contributed by atoms with Gasteiger partial charge in [-0.25, -0.2) is 4.79 Å². The highest BCUT2D eigenvalue weighted by molar-refractivity contribution is 5.77. The van der Waals surface area contributed by atoms with Crippen LogP contribution in [0.4, 0.5) is 4.79 Å². The summed E-state index contributed by atoms with van der Waals surface area (Å²) in [5, 5.41) is 20.3. The van der Waals surface area contributed by atoms with Gasteiger partial charge in [0.1, 0.15) is 5.92 Å². The fraction of sp³-hybridized carbons (Fsp3) is 0.833. The number of hydrogen-bond acceptors (Lipinski definition) is 4. The zero-order chi connectivity index (χ0) is 14.3. The molecule has 0 spiro atoms. The van der Waals surface area contributed by atoms with Gasteiger partial charge in [-0.05, 0) is 19.3 Å².